The number of amides is 1. The number of hydrogen-bond acceptors (Lipinski definition) is 3. The smallest absolute Gasteiger partial charge is 0.220 e. The fourth-order valence-electron chi connectivity index (χ4n) is 6.35. The minimum absolute atomic E-state index is 0.130. The minimum Gasteiger partial charge on any atom is -0.394 e. The van der Waals surface area contributed by atoms with E-state index in [1.165, 1.54) is 167 Å². The number of nitrogens with one attached hydrogen (secondary N) is 1. The lowest BCUT2D eigenvalue weighted by atomic mass is 10.0. The number of hydrogen-bond donors (Lipinski definition) is 3. The molecule has 2 unspecified atom stereocenters. The van der Waals surface area contributed by atoms with Crippen molar-refractivity contribution in [2.24, 2.45) is 0 Å². The van der Waals surface area contributed by atoms with Gasteiger partial charge < -0.3 is 15.5 Å². The van der Waals surface area contributed by atoms with Gasteiger partial charge in [0, 0.05) is 6.42 Å². The molecule has 0 fully saturated rings. The Morgan fingerprint density at radius 2 is 0.854 bits per heavy atom. The molecular weight excluding hydrogens is 590 g/mol. The maximum atomic E-state index is 12.3. The summed E-state index contributed by atoms with van der Waals surface area (Å²) < 4.78 is 0. The van der Waals surface area contributed by atoms with Crippen molar-refractivity contribution < 1.29 is 15.0 Å². The molecule has 0 rings (SSSR count). The van der Waals surface area contributed by atoms with Gasteiger partial charge in [0.1, 0.15) is 0 Å². The molecule has 4 heteroatoms. The molecule has 4 nitrogen and oxygen atoms in total. The van der Waals surface area contributed by atoms with Crippen LogP contribution in [0.5, 0.6) is 0 Å². The van der Waals surface area contributed by atoms with Gasteiger partial charge in [0.25, 0.3) is 0 Å². The largest absolute Gasteiger partial charge is 0.394 e. The molecular formula is C44H83NO3. The van der Waals surface area contributed by atoms with Crippen molar-refractivity contribution in [3.8, 4) is 0 Å². The molecule has 0 aromatic carbocycles. The number of rotatable bonds is 38. The second kappa shape index (κ2) is 40.0. The molecule has 0 heterocycles. The summed E-state index contributed by atoms with van der Waals surface area (Å²) >= 11 is 0. The predicted octanol–water partition coefficient (Wildman–Crippen LogP) is 13.0. The van der Waals surface area contributed by atoms with E-state index in [9.17, 15) is 15.0 Å². The van der Waals surface area contributed by atoms with Crippen molar-refractivity contribution in [1.82, 2.24) is 5.32 Å². The van der Waals surface area contributed by atoms with E-state index < -0.39 is 12.1 Å². The molecule has 0 spiro atoms. The third kappa shape index (κ3) is 35.9. The van der Waals surface area contributed by atoms with Gasteiger partial charge in [-0.1, -0.05) is 211 Å². The SMILES string of the molecule is CCCCCCCC/C=C\C/C=C\CCC(=O)NC(CO)C(O)/C=C/CCCCCCCCCCCCCCCCCCCCCCC. The van der Waals surface area contributed by atoms with Crippen LogP contribution in [0.2, 0.25) is 0 Å². The molecule has 0 aliphatic rings. The van der Waals surface area contributed by atoms with Gasteiger partial charge in [-0.2, -0.15) is 0 Å². The van der Waals surface area contributed by atoms with Gasteiger partial charge >= 0.3 is 0 Å². The van der Waals surface area contributed by atoms with Crippen molar-refractivity contribution in [2.75, 3.05) is 6.61 Å². The highest BCUT2D eigenvalue weighted by Gasteiger charge is 2.17. The lowest BCUT2D eigenvalue weighted by Gasteiger charge is -2.19. The zero-order valence-corrected chi connectivity index (χ0v) is 32.3. The average molecular weight is 674 g/mol. The van der Waals surface area contributed by atoms with Crippen LogP contribution >= 0.6 is 0 Å². The number of carbonyl (C=O) groups is 1. The molecule has 0 radical (unpaired) electrons. The normalized spacial score (nSPS) is 13.3. The van der Waals surface area contributed by atoms with Gasteiger partial charge in [-0.05, 0) is 38.5 Å². The first-order chi connectivity index (χ1) is 23.7. The van der Waals surface area contributed by atoms with Crippen LogP contribution in [0.4, 0.5) is 0 Å². The second-order valence-electron chi connectivity index (χ2n) is 14.4. The van der Waals surface area contributed by atoms with E-state index in [4.69, 9.17) is 0 Å². The first-order valence-corrected chi connectivity index (χ1v) is 21.2. The summed E-state index contributed by atoms with van der Waals surface area (Å²) in [5.41, 5.74) is 0. The van der Waals surface area contributed by atoms with Crippen LogP contribution in [0.15, 0.2) is 36.5 Å². The van der Waals surface area contributed by atoms with Gasteiger partial charge in [0.2, 0.25) is 5.91 Å². The first kappa shape index (κ1) is 46.6. The number of allylic oxidation sites excluding steroid dienone is 5. The highest BCUT2D eigenvalue weighted by atomic mass is 16.3. The Hall–Kier alpha value is -1.39. The Bertz CT molecular complexity index is 731. The van der Waals surface area contributed by atoms with Gasteiger partial charge in [0.05, 0.1) is 18.8 Å². The van der Waals surface area contributed by atoms with Gasteiger partial charge in [0.15, 0.2) is 0 Å². The number of aliphatic hydroxyl groups is 2. The van der Waals surface area contributed by atoms with Crippen molar-refractivity contribution in [2.45, 2.75) is 231 Å². The number of aliphatic hydroxyl groups excluding tert-OH is 2. The van der Waals surface area contributed by atoms with Crippen LogP contribution in [0.25, 0.3) is 0 Å². The van der Waals surface area contributed by atoms with Gasteiger partial charge in [-0.25, -0.2) is 0 Å². The van der Waals surface area contributed by atoms with Gasteiger partial charge in [-0.15, -0.1) is 0 Å². The standard InChI is InChI=1S/C44H83NO3/c1-3-5-7-9-11-13-15-17-18-19-20-21-22-23-24-25-26-28-29-31-33-35-37-39-43(47)42(41-46)45-44(48)40-38-36-34-32-30-27-16-14-12-10-8-6-4-2/h27,30,34,36-37,39,42-43,46-47H,3-26,28-29,31-33,35,38,40-41H2,1-2H3,(H,45,48)/b30-27-,36-34-,39-37+. The molecule has 0 saturated carbocycles. The molecule has 0 aliphatic heterocycles. The topological polar surface area (TPSA) is 69.6 Å². The molecule has 0 aromatic rings. The van der Waals surface area contributed by atoms with Crippen LogP contribution in [0.1, 0.15) is 219 Å². The Labute approximate surface area is 300 Å². The van der Waals surface area contributed by atoms with E-state index in [1.807, 2.05) is 12.2 Å². The summed E-state index contributed by atoms with van der Waals surface area (Å²) in [6.07, 6.45) is 52.6. The lowest BCUT2D eigenvalue weighted by Crippen LogP contribution is -2.45. The van der Waals surface area contributed by atoms with Crippen LogP contribution in [-0.2, 0) is 4.79 Å². The maximum absolute atomic E-state index is 12.3. The summed E-state index contributed by atoms with van der Waals surface area (Å²) in [6, 6.07) is -0.651. The summed E-state index contributed by atoms with van der Waals surface area (Å²) in [5, 5.41) is 22.9. The minimum atomic E-state index is -0.860. The first-order valence-electron chi connectivity index (χ1n) is 21.2. The maximum Gasteiger partial charge on any atom is 0.220 e. The van der Waals surface area contributed by atoms with Crippen LogP contribution in [-0.4, -0.2) is 34.9 Å². The molecule has 0 aromatic heterocycles. The van der Waals surface area contributed by atoms with E-state index in [0.29, 0.717) is 12.8 Å². The molecule has 1 amide bonds. The van der Waals surface area contributed by atoms with Crippen molar-refractivity contribution in [1.29, 1.82) is 0 Å². The van der Waals surface area contributed by atoms with Crippen LogP contribution in [0.3, 0.4) is 0 Å². The summed E-state index contributed by atoms with van der Waals surface area (Å²) in [4.78, 5) is 12.3. The van der Waals surface area contributed by atoms with E-state index in [1.54, 1.807) is 6.08 Å². The van der Waals surface area contributed by atoms with E-state index in [2.05, 4.69) is 37.4 Å². The molecule has 0 saturated heterocycles. The number of carbonyl (C=O) groups excluding carboxylic acids is 1. The molecule has 2 atom stereocenters. The van der Waals surface area contributed by atoms with Crippen molar-refractivity contribution in [3.05, 3.63) is 36.5 Å². The van der Waals surface area contributed by atoms with E-state index >= 15 is 0 Å². The molecule has 3 N–H and O–H groups in total. The van der Waals surface area contributed by atoms with Crippen LogP contribution in [0, 0.1) is 0 Å². The molecule has 282 valence electrons. The Morgan fingerprint density at radius 1 is 0.500 bits per heavy atom. The monoisotopic (exact) mass is 674 g/mol. The third-order valence-corrected chi connectivity index (χ3v) is 9.63. The third-order valence-electron chi connectivity index (χ3n) is 9.63. The Balaban J connectivity index is 3.59. The molecule has 48 heavy (non-hydrogen) atoms. The van der Waals surface area contributed by atoms with E-state index in [0.717, 1.165) is 25.7 Å². The fraction of sp³-hybridized carbons (Fsp3) is 0.841. The Morgan fingerprint density at radius 3 is 1.25 bits per heavy atom. The van der Waals surface area contributed by atoms with Crippen molar-refractivity contribution >= 4 is 5.91 Å². The zero-order valence-electron chi connectivity index (χ0n) is 32.3. The number of unbranched alkanes of at least 4 members (excludes halogenated alkanes) is 27. The fourth-order valence-corrected chi connectivity index (χ4v) is 6.35. The average Bonchev–Trinajstić information content (AvgIpc) is 3.09. The van der Waals surface area contributed by atoms with Gasteiger partial charge in [-0.3, -0.25) is 4.79 Å². The summed E-state index contributed by atoms with van der Waals surface area (Å²) in [6.45, 7) is 4.28. The lowest BCUT2D eigenvalue weighted by molar-refractivity contribution is -0.122. The summed E-state index contributed by atoms with van der Waals surface area (Å²) in [5.74, 6) is -0.130. The van der Waals surface area contributed by atoms with Crippen molar-refractivity contribution in [3.63, 3.8) is 0 Å². The molecule has 0 aliphatic carbocycles. The second-order valence-corrected chi connectivity index (χ2v) is 14.4. The highest BCUT2D eigenvalue weighted by Crippen LogP contribution is 2.15. The molecule has 0 bridgehead atoms. The Kier molecular flexibility index (Phi) is 38.9. The van der Waals surface area contributed by atoms with Crippen LogP contribution < -0.4 is 5.32 Å². The predicted molar refractivity (Wildman–Crippen MR) is 212 cm³/mol. The van der Waals surface area contributed by atoms with E-state index in [-0.39, 0.29) is 12.5 Å². The zero-order chi connectivity index (χ0) is 35.0. The quantitative estimate of drug-likeness (QED) is 0.0451. The highest BCUT2D eigenvalue weighted by molar-refractivity contribution is 5.76. The summed E-state index contributed by atoms with van der Waals surface area (Å²) in [7, 11) is 0.